The molecular weight excluding hydrogens is 236 g/mol. The van der Waals surface area contributed by atoms with Crippen LogP contribution in [0.1, 0.15) is 71.1 Å². The van der Waals surface area contributed by atoms with Crippen molar-refractivity contribution in [3.05, 3.63) is 12.2 Å². The monoisotopic (exact) mass is 262 g/mol. The molecule has 0 aromatic rings. The van der Waals surface area contributed by atoms with Gasteiger partial charge in [-0.3, -0.25) is 4.79 Å². The van der Waals surface area contributed by atoms with Gasteiger partial charge in [0, 0.05) is 13.3 Å². The van der Waals surface area contributed by atoms with Crippen molar-refractivity contribution in [3.63, 3.8) is 0 Å². The van der Waals surface area contributed by atoms with Gasteiger partial charge < -0.3 is 4.74 Å². The molecule has 0 aromatic carbocycles. The van der Waals surface area contributed by atoms with E-state index in [9.17, 15) is 4.79 Å². The molecule has 0 aromatic heterocycles. The van der Waals surface area contributed by atoms with E-state index in [0.717, 1.165) is 31.3 Å². The molecule has 0 heterocycles. The summed E-state index contributed by atoms with van der Waals surface area (Å²) >= 11 is 0. The lowest BCUT2D eigenvalue weighted by Crippen LogP contribution is -2.35. The zero-order valence-corrected chi connectivity index (χ0v) is 12.2. The molecule has 1 aliphatic carbocycles. The lowest BCUT2D eigenvalue weighted by atomic mass is 9.85. The molecule has 1 rings (SSSR count). The van der Waals surface area contributed by atoms with Gasteiger partial charge in [0.15, 0.2) is 5.60 Å². The average molecular weight is 262 g/mol. The van der Waals surface area contributed by atoms with Crippen LogP contribution >= 0.6 is 0 Å². The third-order valence-electron chi connectivity index (χ3n) is 3.88. The normalized spacial score (nSPS) is 26.6. The molecular formula is C17H26O2. The molecule has 2 heteroatoms. The lowest BCUT2D eigenvalue weighted by Gasteiger charge is -2.30. The predicted octanol–water partition coefficient (Wildman–Crippen LogP) is 4.39. The Morgan fingerprint density at radius 3 is 2.21 bits per heavy atom. The number of rotatable bonds is 1. The predicted molar refractivity (Wildman–Crippen MR) is 78.6 cm³/mol. The molecule has 0 amide bonds. The minimum absolute atomic E-state index is 0.314. The van der Waals surface area contributed by atoms with E-state index in [1.165, 1.54) is 39.0 Å². The molecule has 2 nitrogen and oxygen atoms in total. The van der Waals surface area contributed by atoms with Crippen LogP contribution in [0.2, 0.25) is 0 Å². The van der Waals surface area contributed by atoms with Crippen LogP contribution in [-0.2, 0) is 9.53 Å². The van der Waals surface area contributed by atoms with Crippen LogP contribution in [0, 0.1) is 12.3 Å². The topological polar surface area (TPSA) is 26.3 Å². The molecule has 1 fully saturated rings. The minimum Gasteiger partial charge on any atom is -0.442 e. The molecule has 19 heavy (non-hydrogen) atoms. The van der Waals surface area contributed by atoms with E-state index in [0.29, 0.717) is 6.42 Å². The molecule has 1 unspecified atom stereocenters. The maximum absolute atomic E-state index is 11.3. The fourth-order valence-electron chi connectivity index (χ4n) is 2.72. The van der Waals surface area contributed by atoms with E-state index in [2.05, 4.69) is 12.5 Å². The fourth-order valence-corrected chi connectivity index (χ4v) is 2.72. The van der Waals surface area contributed by atoms with Crippen LogP contribution in [0.3, 0.4) is 0 Å². The highest BCUT2D eigenvalue weighted by molar-refractivity contribution is 5.67. The van der Waals surface area contributed by atoms with Crippen LogP contribution in [0.15, 0.2) is 12.2 Å². The van der Waals surface area contributed by atoms with Gasteiger partial charge in [-0.15, -0.1) is 6.42 Å². The first-order valence-electron chi connectivity index (χ1n) is 7.46. The third kappa shape index (κ3) is 5.11. The van der Waals surface area contributed by atoms with Gasteiger partial charge in [0.05, 0.1) is 0 Å². The standard InChI is InChI=1S/C17H26O2/c1-4-17(19-16(3)18)14-12-10-8-6-5-7-9-11-13-15(17)2/h1H,2,5-14H2,3H3. The summed E-state index contributed by atoms with van der Waals surface area (Å²) in [6.07, 6.45) is 16.8. The number of terminal acetylenes is 1. The molecule has 1 atom stereocenters. The first kappa shape index (κ1) is 15.8. The Balaban J connectivity index is 2.77. The first-order chi connectivity index (χ1) is 9.10. The van der Waals surface area contributed by atoms with Gasteiger partial charge in [0.2, 0.25) is 0 Å². The van der Waals surface area contributed by atoms with Crippen molar-refractivity contribution >= 4 is 5.97 Å². The number of hydrogen-bond donors (Lipinski definition) is 0. The average Bonchev–Trinajstić information content (AvgIpc) is 2.37. The second kappa shape index (κ2) is 8.04. The highest BCUT2D eigenvalue weighted by atomic mass is 16.6. The zero-order valence-electron chi connectivity index (χ0n) is 12.2. The van der Waals surface area contributed by atoms with Gasteiger partial charge in [-0.2, -0.15) is 0 Å². The number of hydrogen-bond acceptors (Lipinski definition) is 2. The van der Waals surface area contributed by atoms with Crippen LogP contribution in [-0.4, -0.2) is 11.6 Å². The molecule has 106 valence electrons. The molecule has 1 saturated carbocycles. The second-order valence-electron chi connectivity index (χ2n) is 5.50. The summed E-state index contributed by atoms with van der Waals surface area (Å²) in [7, 11) is 0. The Hall–Kier alpha value is -1.23. The van der Waals surface area contributed by atoms with Gasteiger partial charge >= 0.3 is 5.97 Å². The van der Waals surface area contributed by atoms with Gasteiger partial charge in [0.1, 0.15) is 0 Å². The summed E-state index contributed by atoms with van der Waals surface area (Å²) in [5, 5.41) is 0. The van der Waals surface area contributed by atoms with Crippen molar-refractivity contribution in [2.24, 2.45) is 0 Å². The summed E-state index contributed by atoms with van der Waals surface area (Å²) in [5.41, 5.74) is 0.0242. The Morgan fingerprint density at radius 1 is 1.16 bits per heavy atom. The Kier molecular flexibility index (Phi) is 6.70. The van der Waals surface area contributed by atoms with Crippen molar-refractivity contribution in [1.29, 1.82) is 0 Å². The third-order valence-corrected chi connectivity index (χ3v) is 3.88. The van der Waals surface area contributed by atoms with Crippen molar-refractivity contribution in [1.82, 2.24) is 0 Å². The summed E-state index contributed by atoms with van der Waals surface area (Å²) in [4.78, 5) is 11.3. The van der Waals surface area contributed by atoms with Crippen molar-refractivity contribution in [2.75, 3.05) is 0 Å². The number of esters is 1. The molecule has 0 spiro atoms. The molecule has 0 saturated heterocycles. The quantitative estimate of drug-likeness (QED) is 0.398. The maximum atomic E-state index is 11.3. The molecule has 0 N–H and O–H groups in total. The highest BCUT2D eigenvalue weighted by Gasteiger charge is 2.33. The zero-order chi connectivity index (χ0) is 14.1. The van der Waals surface area contributed by atoms with E-state index in [1.54, 1.807) is 0 Å². The highest BCUT2D eigenvalue weighted by Crippen LogP contribution is 2.31. The van der Waals surface area contributed by atoms with Gasteiger partial charge in [-0.05, 0) is 24.8 Å². The summed E-state index contributed by atoms with van der Waals surface area (Å²) in [5.74, 6) is 2.39. The molecule has 0 aliphatic heterocycles. The van der Waals surface area contributed by atoms with Gasteiger partial charge in [-0.1, -0.05) is 51.0 Å². The second-order valence-corrected chi connectivity index (χ2v) is 5.50. The molecule has 0 radical (unpaired) electrons. The van der Waals surface area contributed by atoms with Crippen molar-refractivity contribution in [2.45, 2.75) is 76.7 Å². The maximum Gasteiger partial charge on any atom is 0.304 e. The minimum atomic E-state index is -0.870. The van der Waals surface area contributed by atoms with E-state index < -0.39 is 5.60 Å². The number of ether oxygens (including phenoxy) is 1. The Labute approximate surface area is 117 Å². The summed E-state index contributed by atoms with van der Waals surface area (Å²) in [6.45, 7) is 5.52. The van der Waals surface area contributed by atoms with E-state index in [4.69, 9.17) is 11.2 Å². The van der Waals surface area contributed by atoms with Gasteiger partial charge in [-0.25, -0.2) is 0 Å². The smallest absolute Gasteiger partial charge is 0.304 e. The van der Waals surface area contributed by atoms with Gasteiger partial charge in [0.25, 0.3) is 0 Å². The number of carbonyl (C=O) groups excluding carboxylic acids is 1. The summed E-state index contributed by atoms with van der Waals surface area (Å²) < 4.78 is 5.47. The molecule has 0 bridgehead atoms. The van der Waals surface area contributed by atoms with Crippen LogP contribution < -0.4 is 0 Å². The lowest BCUT2D eigenvalue weighted by molar-refractivity contribution is -0.149. The van der Waals surface area contributed by atoms with Crippen LogP contribution in [0.5, 0.6) is 0 Å². The molecule has 1 aliphatic rings. The van der Waals surface area contributed by atoms with Crippen LogP contribution in [0.4, 0.5) is 0 Å². The number of carbonyl (C=O) groups is 1. The van der Waals surface area contributed by atoms with E-state index in [-0.39, 0.29) is 5.97 Å². The van der Waals surface area contributed by atoms with Crippen LogP contribution in [0.25, 0.3) is 0 Å². The first-order valence-corrected chi connectivity index (χ1v) is 7.46. The summed E-state index contributed by atoms with van der Waals surface area (Å²) in [6, 6.07) is 0. The van der Waals surface area contributed by atoms with E-state index in [1.807, 2.05) is 0 Å². The SMILES string of the molecule is C#CC1(OC(C)=O)CCCCCCCCCCC1=C. The fraction of sp³-hybridized carbons (Fsp3) is 0.706. The largest absolute Gasteiger partial charge is 0.442 e. The Bertz CT molecular complexity index is 351. The Morgan fingerprint density at radius 2 is 1.68 bits per heavy atom. The van der Waals surface area contributed by atoms with Crippen molar-refractivity contribution < 1.29 is 9.53 Å². The van der Waals surface area contributed by atoms with E-state index >= 15 is 0 Å². The van der Waals surface area contributed by atoms with Crippen molar-refractivity contribution in [3.8, 4) is 12.3 Å².